The van der Waals surface area contributed by atoms with Crippen molar-refractivity contribution in [1.82, 2.24) is 14.1 Å². The minimum atomic E-state index is -0.595. The van der Waals surface area contributed by atoms with Gasteiger partial charge in [-0.15, -0.1) is 0 Å². The van der Waals surface area contributed by atoms with Crippen LogP contribution < -0.4 is 11.1 Å². The number of fused-ring (bicyclic) bond motifs is 1. The van der Waals surface area contributed by atoms with E-state index in [-0.39, 0.29) is 24.2 Å². The number of imidazole rings is 1. The van der Waals surface area contributed by atoms with Crippen LogP contribution in [-0.2, 0) is 17.8 Å². The Morgan fingerprint density at radius 1 is 1.09 bits per heavy atom. The van der Waals surface area contributed by atoms with Gasteiger partial charge in [-0.2, -0.15) is 0 Å². The van der Waals surface area contributed by atoms with Crippen molar-refractivity contribution < 1.29 is 14.7 Å². The fourth-order valence-corrected chi connectivity index (χ4v) is 4.23. The van der Waals surface area contributed by atoms with Crippen LogP contribution in [-0.4, -0.2) is 37.6 Å². The minimum Gasteiger partial charge on any atom is -0.394 e. The van der Waals surface area contributed by atoms with Crippen molar-refractivity contribution in [1.29, 1.82) is 0 Å². The van der Waals surface area contributed by atoms with E-state index in [2.05, 4.69) is 27.0 Å². The number of hydrogen-bond donors (Lipinski definition) is 3. The molecule has 0 bridgehead atoms. The molecule has 0 radical (unpaired) electrons. The van der Waals surface area contributed by atoms with Crippen LogP contribution in [0.5, 0.6) is 0 Å². The Labute approximate surface area is 204 Å². The summed E-state index contributed by atoms with van der Waals surface area (Å²) in [5, 5.41) is 13.9. The van der Waals surface area contributed by atoms with Crippen molar-refractivity contribution in [3.63, 3.8) is 0 Å². The summed E-state index contributed by atoms with van der Waals surface area (Å²) in [7, 11) is 0. The van der Waals surface area contributed by atoms with Gasteiger partial charge in [0.05, 0.1) is 24.5 Å². The van der Waals surface area contributed by atoms with Gasteiger partial charge in [0.1, 0.15) is 5.69 Å². The zero-order valence-electron chi connectivity index (χ0n) is 19.6. The van der Waals surface area contributed by atoms with Crippen molar-refractivity contribution in [2.24, 2.45) is 5.73 Å². The van der Waals surface area contributed by atoms with Crippen LogP contribution in [0.15, 0.2) is 73.3 Å². The van der Waals surface area contributed by atoms with E-state index in [1.807, 2.05) is 48.7 Å². The summed E-state index contributed by atoms with van der Waals surface area (Å²) in [5.41, 5.74) is 8.52. The maximum Gasteiger partial charge on any atom is 0.268 e. The van der Waals surface area contributed by atoms with Gasteiger partial charge in [-0.25, -0.2) is 4.98 Å². The molecule has 0 fully saturated rings. The number of rotatable bonds is 12. The number of nitrogens with zero attached hydrogens (tertiary/aromatic N) is 3. The van der Waals surface area contributed by atoms with Gasteiger partial charge in [-0.1, -0.05) is 36.4 Å². The monoisotopic (exact) mass is 473 g/mol. The summed E-state index contributed by atoms with van der Waals surface area (Å²) < 4.78 is 3.81. The highest BCUT2D eigenvalue weighted by Crippen LogP contribution is 2.23. The second-order valence-electron chi connectivity index (χ2n) is 8.72. The van der Waals surface area contributed by atoms with Crippen molar-refractivity contribution in [3.05, 3.63) is 84.6 Å². The first-order valence-corrected chi connectivity index (χ1v) is 11.9. The van der Waals surface area contributed by atoms with Crippen LogP contribution in [0.2, 0.25) is 0 Å². The largest absolute Gasteiger partial charge is 0.394 e. The molecule has 2 amide bonds. The van der Waals surface area contributed by atoms with Crippen LogP contribution in [0.1, 0.15) is 47.8 Å². The molecular weight excluding hydrogens is 442 g/mol. The topological polar surface area (TPSA) is 115 Å². The molecule has 0 saturated heterocycles. The lowest BCUT2D eigenvalue weighted by atomic mass is 10.1. The summed E-state index contributed by atoms with van der Waals surface area (Å²) in [5.74, 6) is -0.580. The third-order valence-corrected chi connectivity index (χ3v) is 6.21. The van der Waals surface area contributed by atoms with Gasteiger partial charge < -0.3 is 25.3 Å². The molecule has 0 saturated carbocycles. The zero-order valence-corrected chi connectivity index (χ0v) is 19.6. The zero-order chi connectivity index (χ0) is 24.6. The lowest BCUT2D eigenvalue weighted by molar-refractivity contribution is -0.116. The van der Waals surface area contributed by atoms with Gasteiger partial charge in [0.2, 0.25) is 5.91 Å². The van der Waals surface area contributed by atoms with Gasteiger partial charge in [0, 0.05) is 31.0 Å². The Morgan fingerprint density at radius 3 is 2.66 bits per heavy atom. The standard InChI is InChI=1S/C27H31N5O3/c28-27(35)24-17-32(19-29-24)23(18-33)13-15-31-14-12-21-10-11-22(16-25(21)31)30-26(34)9-5-4-8-20-6-2-1-3-7-20/h1-3,6-7,10-12,14,16-17,19,23,33H,4-5,8-9,13,15,18H2,(H2,28,35)(H,30,34)/t23-/m0/s1. The molecule has 0 aliphatic rings. The SMILES string of the molecule is NC(=O)c1cn([C@H](CO)CCn2ccc3ccc(NC(=O)CCCCc4ccccc4)cc32)cn1. The maximum atomic E-state index is 12.5. The molecule has 1 atom stereocenters. The first kappa shape index (κ1) is 24.2. The Kier molecular flexibility index (Phi) is 7.95. The Hall–Kier alpha value is -3.91. The number of aromatic nitrogens is 3. The molecule has 0 spiro atoms. The molecule has 35 heavy (non-hydrogen) atoms. The molecule has 4 rings (SSSR count). The van der Waals surface area contributed by atoms with Gasteiger partial charge in [-0.05, 0) is 54.8 Å². The van der Waals surface area contributed by atoms with Gasteiger partial charge in [0.15, 0.2) is 0 Å². The van der Waals surface area contributed by atoms with Crippen molar-refractivity contribution in [2.75, 3.05) is 11.9 Å². The fourth-order valence-electron chi connectivity index (χ4n) is 4.23. The second-order valence-corrected chi connectivity index (χ2v) is 8.72. The Morgan fingerprint density at radius 2 is 1.91 bits per heavy atom. The number of carbonyl (C=O) groups is 2. The van der Waals surface area contributed by atoms with Crippen LogP contribution in [0.3, 0.4) is 0 Å². The van der Waals surface area contributed by atoms with Crippen LogP contribution in [0.25, 0.3) is 10.9 Å². The van der Waals surface area contributed by atoms with E-state index in [0.717, 1.165) is 35.9 Å². The predicted octanol–water partition coefficient (Wildman–Crippen LogP) is 3.91. The number of nitrogens with two attached hydrogens (primary N) is 1. The highest BCUT2D eigenvalue weighted by atomic mass is 16.3. The molecular formula is C27H31N5O3. The van der Waals surface area contributed by atoms with Crippen LogP contribution in [0, 0.1) is 0 Å². The minimum absolute atomic E-state index is 0.0150. The second kappa shape index (κ2) is 11.5. The molecule has 8 heteroatoms. The Balaban J connectivity index is 1.32. The molecule has 0 aliphatic carbocycles. The first-order chi connectivity index (χ1) is 17.0. The van der Waals surface area contributed by atoms with Gasteiger partial charge >= 0.3 is 0 Å². The highest BCUT2D eigenvalue weighted by molar-refractivity contribution is 5.93. The van der Waals surface area contributed by atoms with E-state index >= 15 is 0 Å². The molecule has 0 aliphatic heterocycles. The number of aryl methyl sites for hydroxylation is 2. The summed E-state index contributed by atoms with van der Waals surface area (Å²) in [6, 6.07) is 18.0. The lowest BCUT2D eigenvalue weighted by Crippen LogP contribution is -2.15. The van der Waals surface area contributed by atoms with Gasteiger partial charge in [0.25, 0.3) is 5.91 Å². The van der Waals surface area contributed by atoms with E-state index in [1.54, 1.807) is 10.8 Å². The molecule has 2 aromatic carbocycles. The van der Waals surface area contributed by atoms with E-state index < -0.39 is 5.91 Å². The van der Waals surface area contributed by atoms with E-state index in [9.17, 15) is 14.7 Å². The number of carbonyl (C=O) groups excluding carboxylic acids is 2. The summed E-state index contributed by atoms with van der Waals surface area (Å²) >= 11 is 0. The van der Waals surface area contributed by atoms with Gasteiger partial charge in [-0.3, -0.25) is 9.59 Å². The number of hydrogen-bond acceptors (Lipinski definition) is 4. The molecule has 8 nitrogen and oxygen atoms in total. The number of aliphatic hydroxyl groups is 1. The number of benzene rings is 2. The molecule has 2 heterocycles. The number of anilines is 1. The number of nitrogens with one attached hydrogen (secondary N) is 1. The van der Waals surface area contributed by atoms with E-state index in [0.29, 0.717) is 19.4 Å². The Bertz CT molecular complexity index is 1280. The van der Waals surface area contributed by atoms with Crippen molar-refractivity contribution in [2.45, 2.75) is 44.7 Å². The fraction of sp³-hybridized carbons (Fsp3) is 0.296. The normalized spacial score (nSPS) is 12.0. The van der Waals surface area contributed by atoms with E-state index in [4.69, 9.17) is 5.73 Å². The summed E-state index contributed by atoms with van der Waals surface area (Å²) in [6.45, 7) is 0.565. The predicted molar refractivity (Wildman–Crippen MR) is 136 cm³/mol. The average molecular weight is 474 g/mol. The molecule has 182 valence electrons. The number of unbranched alkanes of at least 4 members (excludes halogenated alkanes) is 1. The number of amides is 2. The van der Waals surface area contributed by atoms with Crippen LogP contribution in [0.4, 0.5) is 5.69 Å². The highest BCUT2D eigenvalue weighted by Gasteiger charge is 2.14. The summed E-state index contributed by atoms with van der Waals surface area (Å²) in [6.07, 6.45) is 8.99. The van der Waals surface area contributed by atoms with Crippen molar-refractivity contribution >= 4 is 28.4 Å². The smallest absolute Gasteiger partial charge is 0.268 e. The third kappa shape index (κ3) is 6.36. The van der Waals surface area contributed by atoms with Crippen molar-refractivity contribution in [3.8, 4) is 0 Å². The number of primary amides is 1. The number of aliphatic hydroxyl groups excluding tert-OH is 1. The van der Waals surface area contributed by atoms with Crippen LogP contribution >= 0.6 is 0 Å². The lowest BCUT2D eigenvalue weighted by Gasteiger charge is -2.16. The summed E-state index contributed by atoms with van der Waals surface area (Å²) in [4.78, 5) is 27.8. The molecule has 2 aromatic heterocycles. The third-order valence-electron chi connectivity index (χ3n) is 6.21. The quantitative estimate of drug-likeness (QED) is 0.271. The molecule has 4 N–H and O–H groups in total. The molecule has 4 aromatic rings. The average Bonchev–Trinajstić information content (AvgIpc) is 3.51. The van der Waals surface area contributed by atoms with E-state index in [1.165, 1.54) is 11.9 Å². The molecule has 0 unspecified atom stereocenters. The maximum absolute atomic E-state index is 12.5. The first-order valence-electron chi connectivity index (χ1n) is 11.9.